The number of rotatable bonds is 2. The van der Waals surface area contributed by atoms with Crippen LogP contribution in [0.5, 0.6) is 0 Å². The van der Waals surface area contributed by atoms with E-state index in [4.69, 9.17) is 10.2 Å². The highest BCUT2D eigenvalue weighted by atomic mass is 16.3. The Kier molecular flexibility index (Phi) is 2.77. The smallest absolute Gasteiger partial charge is 0.322 e. The number of nitrogens with zero attached hydrogens (tertiary/aromatic N) is 2. The normalized spacial score (nSPS) is 17.3. The minimum absolute atomic E-state index is 0.195. The van der Waals surface area contributed by atoms with Gasteiger partial charge in [-0.3, -0.25) is 10.1 Å². The van der Waals surface area contributed by atoms with Crippen molar-refractivity contribution in [1.82, 2.24) is 20.6 Å². The summed E-state index contributed by atoms with van der Waals surface area (Å²) in [6.45, 7) is 0. The van der Waals surface area contributed by atoms with Crippen LogP contribution in [0.4, 0.5) is 10.7 Å². The molecule has 4 rings (SSSR count). The van der Waals surface area contributed by atoms with Gasteiger partial charge in [-0.2, -0.15) is 0 Å². The molecular weight excluding hydrogens is 298 g/mol. The van der Waals surface area contributed by atoms with Crippen LogP contribution >= 0.6 is 0 Å². The first-order chi connectivity index (χ1) is 11.1. The molecule has 4 N–H and O–H groups in total. The molecule has 3 amide bonds. The van der Waals surface area contributed by atoms with Crippen LogP contribution in [-0.4, -0.2) is 21.9 Å². The van der Waals surface area contributed by atoms with Gasteiger partial charge in [0.2, 0.25) is 5.95 Å². The molecule has 1 aliphatic rings. The van der Waals surface area contributed by atoms with Gasteiger partial charge in [0, 0.05) is 17.1 Å². The number of furan rings is 1. The molecule has 8 nitrogen and oxygen atoms in total. The van der Waals surface area contributed by atoms with Crippen molar-refractivity contribution in [2.24, 2.45) is 0 Å². The highest BCUT2D eigenvalue weighted by molar-refractivity contribution is 6.04. The van der Waals surface area contributed by atoms with Crippen molar-refractivity contribution in [3.8, 4) is 11.3 Å². The molecule has 0 radical (unpaired) electrons. The summed E-state index contributed by atoms with van der Waals surface area (Å²) < 4.78 is 5.65. The Hall–Kier alpha value is -3.42. The number of nitrogens with one attached hydrogen (secondary N) is 2. The topological polar surface area (TPSA) is 123 Å². The largest absolute Gasteiger partial charge is 0.458 e. The summed E-state index contributed by atoms with van der Waals surface area (Å²) in [4.78, 5) is 30.9. The maximum Gasteiger partial charge on any atom is 0.322 e. The predicted octanol–water partition coefficient (Wildman–Crippen LogP) is 1.35. The van der Waals surface area contributed by atoms with Gasteiger partial charge in [-0.25, -0.2) is 14.8 Å². The molecule has 1 aromatic carbocycles. The summed E-state index contributed by atoms with van der Waals surface area (Å²) in [5.41, 5.74) is 7.74. The van der Waals surface area contributed by atoms with Crippen molar-refractivity contribution in [3.05, 3.63) is 42.3 Å². The van der Waals surface area contributed by atoms with Crippen LogP contribution in [0.2, 0.25) is 0 Å². The van der Waals surface area contributed by atoms with Crippen LogP contribution < -0.4 is 16.4 Å². The Morgan fingerprint density at radius 2 is 2.04 bits per heavy atom. The molecule has 23 heavy (non-hydrogen) atoms. The maximum absolute atomic E-state index is 11.7. The highest BCUT2D eigenvalue weighted by Gasteiger charge is 2.33. The molecule has 1 atom stereocenters. The van der Waals surface area contributed by atoms with E-state index in [1.807, 2.05) is 12.1 Å². The molecule has 2 aromatic heterocycles. The Balaban J connectivity index is 1.75. The summed E-state index contributed by atoms with van der Waals surface area (Å²) in [6, 6.07) is 7.62. The second kappa shape index (κ2) is 4.80. The van der Waals surface area contributed by atoms with Gasteiger partial charge in [0.05, 0.1) is 5.69 Å². The standard InChI is InChI=1S/C15H11N5O3/c16-14-17-4-3-9(18-14)7-1-2-10-8(5-7)6-11(23-10)12-13(21)20-15(22)19-12/h1-6,12H,(H2,16,17,18)(H2,19,20,21,22). The number of amides is 3. The predicted molar refractivity (Wildman–Crippen MR) is 81.1 cm³/mol. The first-order valence-corrected chi connectivity index (χ1v) is 6.84. The Morgan fingerprint density at radius 3 is 2.78 bits per heavy atom. The summed E-state index contributed by atoms with van der Waals surface area (Å²) in [5.74, 6) is 0.140. The third kappa shape index (κ3) is 2.26. The van der Waals surface area contributed by atoms with Crippen molar-refractivity contribution < 1.29 is 14.0 Å². The van der Waals surface area contributed by atoms with E-state index in [0.717, 1.165) is 10.9 Å². The van der Waals surface area contributed by atoms with E-state index in [0.29, 0.717) is 17.0 Å². The summed E-state index contributed by atoms with van der Waals surface area (Å²) in [6.07, 6.45) is 1.58. The lowest BCUT2D eigenvalue weighted by molar-refractivity contribution is -0.120. The first kappa shape index (κ1) is 13.3. The molecule has 0 saturated carbocycles. The number of benzene rings is 1. The SMILES string of the molecule is Nc1nccc(-c2ccc3oc(C4NC(=O)NC4=O)cc3c2)n1. The molecule has 8 heteroatoms. The Bertz CT molecular complexity index is 949. The number of imide groups is 1. The van der Waals surface area contributed by atoms with Crippen molar-refractivity contribution in [3.63, 3.8) is 0 Å². The third-order valence-corrected chi connectivity index (χ3v) is 3.56. The second-order valence-corrected chi connectivity index (χ2v) is 5.10. The average molecular weight is 309 g/mol. The monoisotopic (exact) mass is 309 g/mol. The zero-order valence-corrected chi connectivity index (χ0v) is 11.7. The highest BCUT2D eigenvalue weighted by Crippen LogP contribution is 2.29. The quantitative estimate of drug-likeness (QED) is 0.614. The molecule has 1 aliphatic heterocycles. The number of hydrogen-bond donors (Lipinski definition) is 3. The van der Waals surface area contributed by atoms with Gasteiger partial charge in [0.15, 0.2) is 6.04 Å². The van der Waals surface area contributed by atoms with Gasteiger partial charge in [-0.15, -0.1) is 0 Å². The molecule has 1 fully saturated rings. The minimum Gasteiger partial charge on any atom is -0.458 e. The molecule has 1 unspecified atom stereocenters. The summed E-state index contributed by atoms with van der Waals surface area (Å²) in [7, 11) is 0. The summed E-state index contributed by atoms with van der Waals surface area (Å²) >= 11 is 0. The van der Waals surface area contributed by atoms with E-state index in [1.165, 1.54) is 0 Å². The van der Waals surface area contributed by atoms with Crippen LogP contribution in [0, 0.1) is 0 Å². The van der Waals surface area contributed by atoms with E-state index in [-0.39, 0.29) is 5.95 Å². The van der Waals surface area contributed by atoms with E-state index in [2.05, 4.69) is 20.6 Å². The fraction of sp³-hybridized carbons (Fsp3) is 0.0667. The van der Waals surface area contributed by atoms with Gasteiger partial charge >= 0.3 is 6.03 Å². The molecule has 0 bridgehead atoms. The number of aromatic nitrogens is 2. The van der Waals surface area contributed by atoms with Crippen molar-refractivity contribution in [2.75, 3.05) is 5.73 Å². The van der Waals surface area contributed by atoms with Crippen LogP contribution in [0.3, 0.4) is 0 Å². The van der Waals surface area contributed by atoms with Gasteiger partial charge in [-0.1, -0.05) is 0 Å². The zero-order chi connectivity index (χ0) is 16.0. The molecule has 0 spiro atoms. The molecule has 0 aliphatic carbocycles. The number of carbonyl (C=O) groups is 2. The van der Waals surface area contributed by atoms with Gasteiger partial charge in [0.1, 0.15) is 11.3 Å². The first-order valence-electron chi connectivity index (χ1n) is 6.84. The number of hydrogen-bond acceptors (Lipinski definition) is 6. The van der Waals surface area contributed by atoms with E-state index < -0.39 is 18.0 Å². The number of fused-ring (bicyclic) bond motifs is 1. The fourth-order valence-electron chi connectivity index (χ4n) is 2.52. The maximum atomic E-state index is 11.7. The Morgan fingerprint density at radius 1 is 1.17 bits per heavy atom. The number of nitrogens with two attached hydrogens (primary N) is 1. The van der Waals surface area contributed by atoms with Crippen LogP contribution in [0.25, 0.3) is 22.2 Å². The van der Waals surface area contributed by atoms with Crippen LogP contribution in [0.15, 0.2) is 40.9 Å². The van der Waals surface area contributed by atoms with Crippen molar-refractivity contribution in [2.45, 2.75) is 6.04 Å². The third-order valence-electron chi connectivity index (χ3n) is 3.56. The molecule has 1 saturated heterocycles. The average Bonchev–Trinajstić information content (AvgIpc) is 3.09. The molecule has 114 valence electrons. The summed E-state index contributed by atoms with van der Waals surface area (Å²) in [5, 5.41) is 5.47. The Labute approximate surface area is 129 Å². The lowest BCUT2D eigenvalue weighted by Crippen LogP contribution is -2.22. The van der Waals surface area contributed by atoms with E-state index in [9.17, 15) is 9.59 Å². The number of nitrogen functional groups attached to an aromatic ring is 1. The van der Waals surface area contributed by atoms with E-state index in [1.54, 1.807) is 24.4 Å². The number of carbonyl (C=O) groups excluding carboxylic acids is 2. The van der Waals surface area contributed by atoms with Crippen molar-refractivity contribution in [1.29, 1.82) is 0 Å². The van der Waals surface area contributed by atoms with Gasteiger partial charge in [-0.05, 0) is 30.3 Å². The lowest BCUT2D eigenvalue weighted by Gasteiger charge is -2.01. The van der Waals surface area contributed by atoms with Crippen LogP contribution in [-0.2, 0) is 4.79 Å². The number of urea groups is 1. The lowest BCUT2D eigenvalue weighted by atomic mass is 10.1. The van der Waals surface area contributed by atoms with Gasteiger partial charge in [0.25, 0.3) is 5.91 Å². The zero-order valence-electron chi connectivity index (χ0n) is 11.7. The van der Waals surface area contributed by atoms with E-state index >= 15 is 0 Å². The number of anilines is 1. The fourth-order valence-corrected chi connectivity index (χ4v) is 2.52. The minimum atomic E-state index is -0.812. The molecule has 3 heterocycles. The second-order valence-electron chi connectivity index (χ2n) is 5.10. The molecular formula is C15H11N5O3. The van der Waals surface area contributed by atoms with Gasteiger partial charge < -0.3 is 15.5 Å². The molecule has 3 aromatic rings. The van der Waals surface area contributed by atoms with Crippen molar-refractivity contribution >= 4 is 28.9 Å². The van der Waals surface area contributed by atoms with Crippen LogP contribution in [0.1, 0.15) is 11.8 Å².